The summed E-state index contributed by atoms with van der Waals surface area (Å²) in [6.45, 7) is 6.05. The van der Waals surface area contributed by atoms with E-state index < -0.39 is 0 Å². The van der Waals surface area contributed by atoms with Crippen LogP contribution in [0.5, 0.6) is 0 Å². The summed E-state index contributed by atoms with van der Waals surface area (Å²) in [5, 5.41) is 3.82. The Morgan fingerprint density at radius 1 is 1.05 bits per heavy atom. The fourth-order valence-corrected chi connectivity index (χ4v) is 3.60. The van der Waals surface area contributed by atoms with E-state index in [0.717, 1.165) is 12.5 Å². The molecule has 1 aliphatic heterocycles. The second kappa shape index (κ2) is 6.62. The lowest BCUT2D eigenvalue weighted by molar-refractivity contribution is 0.331. The summed E-state index contributed by atoms with van der Waals surface area (Å²) < 4.78 is 0. The van der Waals surface area contributed by atoms with Gasteiger partial charge in [0.1, 0.15) is 0 Å². The zero-order valence-electron chi connectivity index (χ0n) is 12.8. The normalized spacial score (nSPS) is 27.6. The fraction of sp³-hybridized carbons (Fsp3) is 0.667. The molecule has 0 amide bonds. The van der Waals surface area contributed by atoms with Crippen LogP contribution in [0, 0.1) is 5.92 Å². The van der Waals surface area contributed by atoms with Crippen LogP contribution in [0.1, 0.15) is 51.0 Å². The molecule has 110 valence electrons. The molecule has 0 radical (unpaired) electrons. The summed E-state index contributed by atoms with van der Waals surface area (Å²) in [6.07, 6.45) is 8.17. The molecule has 1 heterocycles. The van der Waals surface area contributed by atoms with Gasteiger partial charge in [-0.3, -0.25) is 4.90 Å². The Balaban J connectivity index is 1.63. The van der Waals surface area contributed by atoms with E-state index >= 15 is 0 Å². The van der Waals surface area contributed by atoms with E-state index in [1.54, 1.807) is 0 Å². The summed E-state index contributed by atoms with van der Waals surface area (Å²) in [5.41, 5.74) is 2.85. The molecule has 1 aliphatic carbocycles. The molecule has 0 bridgehead atoms. The van der Waals surface area contributed by atoms with Gasteiger partial charge in [0, 0.05) is 18.3 Å². The molecular weight excluding hydrogens is 244 g/mol. The smallest absolute Gasteiger partial charge is 0.0388 e. The van der Waals surface area contributed by atoms with Gasteiger partial charge in [-0.25, -0.2) is 0 Å². The van der Waals surface area contributed by atoms with Gasteiger partial charge in [0.2, 0.25) is 0 Å². The molecule has 1 saturated carbocycles. The lowest BCUT2D eigenvalue weighted by atomic mass is 9.87. The summed E-state index contributed by atoms with van der Waals surface area (Å²) in [5.74, 6) is 0.924. The lowest BCUT2D eigenvalue weighted by Crippen LogP contribution is -2.26. The molecule has 20 heavy (non-hydrogen) atoms. The molecule has 1 aromatic rings. The second-order valence-electron chi connectivity index (χ2n) is 6.74. The summed E-state index contributed by atoms with van der Waals surface area (Å²) in [6, 6.07) is 9.60. The number of hydrogen-bond acceptors (Lipinski definition) is 2. The van der Waals surface area contributed by atoms with Crippen LogP contribution in [0.15, 0.2) is 24.3 Å². The largest absolute Gasteiger partial charge is 0.382 e. The van der Waals surface area contributed by atoms with Crippen molar-refractivity contribution in [1.29, 1.82) is 0 Å². The van der Waals surface area contributed by atoms with Crippen molar-refractivity contribution < 1.29 is 0 Å². The molecule has 0 atom stereocenters. The van der Waals surface area contributed by atoms with E-state index in [-0.39, 0.29) is 0 Å². The van der Waals surface area contributed by atoms with Gasteiger partial charge in [-0.2, -0.15) is 0 Å². The molecule has 1 N–H and O–H groups in total. The van der Waals surface area contributed by atoms with Gasteiger partial charge in [-0.1, -0.05) is 25.1 Å². The molecule has 0 aromatic heterocycles. The first-order valence-corrected chi connectivity index (χ1v) is 8.38. The number of hydrogen-bond donors (Lipinski definition) is 1. The Bertz CT molecular complexity index is 415. The SMILES string of the molecule is CC1CCC(Nc2ccccc2CN2CCCC2)CC1. The first-order chi connectivity index (χ1) is 9.81. The first kappa shape index (κ1) is 13.9. The highest BCUT2D eigenvalue weighted by atomic mass is 15.1. The molecular formula is C18H28N2. The van der Waals surface area contributed by atoms with Crippen molar-refractivity contribution in [1.82, 2.24) is 4.90 Å². The molecule has 3 rings (SSSR count). The molecule has 1 saturated heterocycles. The maximum absolute atomic E-state index is 3.82. The first-order valence-electron chi connectivity index (χ1n) is 8.38. The maximum Gasteiger partial charge on any atom is 0.0388 e. The fourth-order valence-electron chi connectivity index (χ4n) is 3.60. The molecule has 1 aromatic carbocycles. The number of rotatable bonds is 4. The minimum Gasteiger partial charge on any atom is -0.382 e. The van der Waals surface area contributed by atoms with Crippen LogP contribution in [0.4, 0.5) is 5.69 Å². The minimum absolute atomic E-state index is 0.686. The van der Waals surface area contributed by atoms with Crippen LogP contribution in [-0.2, 0) is 6.54 Å². The summed E-state index contributed by atoms with van der Waals surface area (Å²) >= 11 is 0. The molecule has 2 fully saturated rings. The van der Waals surface area contributed by atoms with Crippen molar-refractivity contribution >= 4 is 5.69 Å². The van der Waals surface area contributed by atoms with Gasteiger partial charge >= 0.3 is 0 Å². The van der Waals surface area contributed by atoms with Crippen LogP contribution in [0.25, 0.3) is 0 Å². The highest BCUT2D eigenvalue weighted by Gasteiger charge is 2.19. The molecule has 2 nitrogen and oxygen atoms in total. The van der Waals surface area contributed by atoms with Crippen LogP contribution in [0.3, 0.4) is 0 Å². The molecule has 0 spiro atoms. The third-order valence-electron chi connectivity index (χ3n) is 4.99. The summed E-state index contributed by atoms with van der Waals surface area (Å²) in [4.78, 5) is 2.59. The van der Waals surface area contributed by atoms with Crippen molar-refractivity contribution in [3.8, 4) is 0 Å². The van der Waals surface area contributed by atoms with Gasteiger partial charge in [0.15, 0.2) is 0 Å². The van der Waals surface area contributed by atoms with Crippen molar-refractivity contribution in [2.24, 2.45) is 5.92 Å². The predicted molar refractivity (Wildman–Crippen MR) is 86.0 cm³/mol. The molecule has 2 heteroatoms. The highest BCUT2D eigenvalue weighted by molar-refractivity contribution is 5.51. The van der Waals surface area contributed by atoms with E-state index in [2.05, 4.69) is 41.4 Å². The van der Waals surface area contributed by atoms with Gasteiger partial charge < -0.3 is 5.32 Å². The zero-order valence-corrected chi connectivity index (χ0v) is 12.8. The van der Waals surface area contributed by atoms with Crippen LogP contribution >= 0.6 is 0 Å². The Kier molecular flexibility index (Phi) is 4.62. The van der Waals surface area contributed by atoms with Gasteiger partial charge in [-0.15, -0.1) is 0 Å². The number of nitrogens with zero attached hydrogens (tertiary/aromatic N) is 1. The Labute approximate surface area is 123 Å². The van der Waals surface area contributed by atoms with Gasteiger partial charge in [0.25, 0.3) is 0 Å². The van der Waals surface area contributed by atoms with E-state index in [0.29, 0.717) is 6.04 Å². The molecule has 0 unspecified atom stereocenters. The zero-order chi connectivity index (χ0) is 13.8. The van der Waals surface area contributed by atoms with E-state index in [1.165, 1.54) is 62.9 Å². The Morgan fingerprint density at radius 2 is 1.75 bits per heavy atom. The van der Waals surface area contributed by atoms with Gasteiger partial charge in [-0.05, 0) is 69.2 Å². The summed E-state index contributed by atoms with van der Waals surface area (Å²) in [7, 11) is 0. The second-order valence-corrected chi connectivity index (χ2v) is 6.74. The number of para-hydroxylation sites is 1. The van der Waals surface area contributed by atoms with Crippen molar-refractivity contribution in [3.05, 3.63) is 29.8 Å². The quantitative estimate of drug-likeness (QED) is 0.880. The number of benzene rings is 1. The van der Waals surface area contributed by atoms with Gasteiger partial charge in [0.05, 0.1) is 0 Å². The lowest BCUT2D eigenvalue weighted by Gasteiger charge is -2.29. The Morgan fingerprint density at radius 3 is 2.50 bits per heavy atom. The minimum atomic E-state index is 0.686. The third-order valence-corrected chi connectivity index (χ3v) is 4.99. The van der Waals surface area contributed by atoms with Crippen LogP contribution < -0.4 is 5.32 Å². The topological polar surface area (TPSA) is 15.3 Å². The van der Waals surface area contributed by atoms with E-state index in [1.807, 2.05) is 0 Å². The van der Waals surface area contributed by atoms with Crippen molar-refractivity contribution in [3.63, 3.8) is 0 Å². The van der Waals surface area contributed by atoms with Crippen LogP contribution in [-0.4, -0.2) is 24.0 Å². The third kappa shape index (κ3) is 3.54. The highest BCUT2D eigenvalue weighted by Crippen LogP contribution is 2.28. The average Bonchev–Trinajstić information content (AvgIpc) is 2.96. The van der Waals surface area contributed by atoms with Crippen molar-refractivity contribution in [2.75, 3.05) is 18.4 Å². The van der Waals surface area contributed by atoms with E-state index in [4.69, 9.17) is 0 Å². The predicted octanol–water partition coefficient (Wildman–Crippen LogP) is 4.27. The number of nitrogens with one attached hydrogen (secondary N) is 1. The van der Waals surface area contributed by atoms with Crippen molar-refractivity contribution in [2.45, 2.75) is 58.0 Å². The number of anilines is 1. The van der Waals surface area contributed by atoms with E-state index in [9.17, 15) is 0 Å². The number of likely N-dealkylation sites (tertiary alicyclic amines) is 1. The standard InChI is InChI=1S/C18H28N2/c1-15-8-10-17(11-9-15)19-18-7-3-2-6-16(18)14-20-12-4-5-13-20/h2-3,6-7,15,17,19H,4-5,8-14H2,1H3. The Hall–Kier alpha value is -1.02. The maximum atomic E-state index is 3.82. The monoisotopic (exact) mass is 272 g/mol. The van der Waals surface area contributed by atoms with Crippen LogP contribution in [0.2, 0.25) is 0 Å². The molecule has 2 aliphatic rings. The average molecular weight is 272 g/mol.